The Morgan fingerprint density at radius 1 is 1.15 bits per heavy atom. The fourth-order valence-corrected chi connectivity index (χ4v) is 3.41. The first kappa shape index (κ1) is 20.0. The predicted octanol–water partition coefficient (Wildman–Crippen LogP) is 2.28. The summed E-state index contributed by atoms with van der Waals surface area (Å²) in [4.78, 5) is 25.1. The van der Waals surface area contributed by atoms with Gasteiger partial charge in [0.15, 0.2) is 6.61 Å². The molecule has 1 aromatic carbocycles. The molecule has 8 heteroatoms. The predicted molar refractivity (Wildman–Crippen MR) is 102 cm³/mol. The second-order valence-electron chi connectivity index (χ2n) is 5.46. The molecule has 138 valence electrons. The number of hydrogen-bond acceptors (Lipinski definition) is 6. The van der Waals surface area contributed by atoms with Crippen molar-refractivity contribution in [3.05, 3.63) is 63.9 Å². The lowest BCUT2D eigenvalue weighted by atomic mass is 10.2. The first-order chi connectivity index (χ1) is 12.3. The van der Waals surface area contributed by atoms with E-state index < -0.39 is 16.0 Å². The SMILES string of the molecule is CS(=O)(=O)NCCc1ccc(C(=O)COC(=O)/C=C/c2ccccc2)s1. The zero-order chi connectivity index (χ0) is 19.0. The minimum Gasteiger partial charge on any atom is -0.454 e. The van der Waals surface area contributed by atoms with E-state index in [-0.39, 0.29) is 18.9 Å². The summed E-state index contributed by atoms with van der Waals surface area (Å²) in [6.07, 6.45) is 4.48. The summed E-state index contributed by atoms with van der Waals surface area (Å²) in [7, 11) is -3.22. The van der Waals surface area contributed by atoms with Crippen LogP contribution in [0.3, 0.4) is 0 Å². The van der Waals surface area contributed by atoms with Gasteiger partial charge in [0, 0.05) is 17.5 Å². The maximum absolute atomic E-state index is 12.1. The second kappa shape index (κ2) is 9.42. The van der Waals surface area contributed by atoms with E-state index >= 15 is 0 Å². The van der Waals surface area contributed by atoms with Gasteiger partial charge >= 0.3 is 5.97 Å². The third kappa shape index (κ3) is 7.30. The van der Waals surface area contributed by atoms with E-state index in [0.717, 1.165) is 16.7 Å². The minimum atomic E-state index is -3.22. The van der Waals surface area contributed by atoms with Crippen LogP contribution in [0.2, 0.25) is 0 Å². The summed E-state index contributed by atoms with van der Waals surface area (Å²) in [6, 6.07) is 12.7. The summed E-state index contributed by atoms with van der Waals surface area (Å²) in [6.45, 7) is -0.0637. The topological polar surface area (TPSA) is 89.5 Å². The van der Waals surface area contributed by atoms with Gasteiger partial charge in [-0.05, 0) is 30.2 Å². The molecule has 0 fully saturated rings. The molecule has 0 bridgehead atoms. The highest BCUT2D eigenvalue weighted by molar-refractivity contribution is 7.88. The van der Waals surface area contributed by atoms with Crippen LogP contribution in [0.1, 0.15) is 20.1 Å². The molecule has 2 rings (SSSR count). The number of thiophene rings is 1. The summed E-state index contributed by atoms with van der Waals surface area (Å²) in [5.74, 6) is -0.880. The average molecular weight is 393 g/mol. The largest absolute Gasteiger partial charge is 0.454 e. The second-order valence-corrected chi connectivity index (χ2v) is 8.46. The number of ketones is 1. The average Bonchev–Trinajstić information content (AvgIpc) is 3.06. The van der Waals surface area contributed by atoms with Gasteiger partial charge in [-0.2, -0.15) is 0 Å². The Hall–Kier alpha value is -2.29. The van der Waals surface area contributed by atoms with Crippen LogP contribution >= 0.6 is 11.3 Å². The number of benzene rings is 1. The summed E-state index contributed by atoms with van der Waals surface area (Å²) in [5.41, 5.74) is 0.862. The Bertz CT molecular complexity index is 885. The maximum atomic E-state index is 12.1. The zero-order valence-corrected chi connectivity index (χ0v) is 15.8. The molecule has 0 saturated carbocycles. The lowest BCUT2D eigenvalue weighted by Crippen LogP contribution is -2.24. The number of esters is 1. The monoisotopic (exact) mass is 393 g/mol. The van der Waals surface area contributed by atoms with Gasteiger partial charge in [0.25, 0.3) is 0 Å². The zero-order valence-electron chi connectivity index (χ0n) is 14.2. The van der Waals surface area contributed by atoms with Crippen molar-refractivity contribution in [3.63, 3.8) is 0 Å². The molecule has 1 N–H and O–H groups in total. The molecule has 1 heterocycles. The highest BCUT2D eigenvalue weighted by atomic mass is 32.2. The molecule has 6 nitrogen and oxygen atoms in total. The molecule has 0 amide bonds. The van der Waals surface area contributed by atoms with Crippen LogP contribution in [0.25, 0.3) is 6.08 Å². The molecule has 0 saturated heterocycles. The number of ether oxygens (including phenoxy) is 1. The number of sulfonamides is 1. The van der Waals surface area contributed by atoms with E-state index in [2.05, 4.69) is 4.72 Å². The normalized spacial score (nSPS) is 11.6. The van der Waals surface area contributed by atoms with Crippen LogP contribution in [0, 0.1) is 0 Å². The molecule has 0 radical (unpaired) electrons. The lowest BCUT2D eigenvalue weighted by molar-refractivity contribution is -0.136. The van der Waals surface area contributed by atoms with Gasteiger partial charge in [0.1, 0.15) is 0 Å². The van der Waals surface area contributed by atoms with Crippen molar-refractivity contribution in [1.29, 1.82) is 0 Å². The van der Waals surface area contributed by atoms with Crippen LogP contribution in [0.4, 0.5) is 0 Å². The molecule has 1 aromatic heterocycles. The number of carbonyl (C=O) groups is 2. The molecule has 0 aliphatic rings. The molecule has 2 aromatic rings. The van der Waals surface area contributed by atoms with Crippen LogP contribution in [-0.4, -0.2) is 39.6 Å². The fraction of sp³-hybridized carbons (Fsp3) is 0.222. The Kier molecular flexibility index (Phi) is 7.26. The Morgan fingerprint density at radius 3 is 2.58 bits per heavy atom. The summed E-state index contributed by atoms with van der Waals surface area (Å²) < 4.78 is 29.4. The molecule has 0 aliphatic carbocycles. The highest BCUT2D eigenvalue weighted by Gasteiger charge is 2.12. The van der Waals surface area contributed by atoms with E-state index in [0.29, 0.717) is 11.3 Å². The number of Topliss-reactive ketones (excluding diaryl/α,β-unsaturated/α-hetero) is 1. The van der Waals surface area contributed by atoms with E-state index in [1.807, 2.05) is 30.3 Å². The van der Waals surface area contributed by atoms with Gasteiger partial charge in [0.2, 0.25) is 15.8 Å². The Morgan fingerprint density at radius 2 is 1.88 bits per heavy atom. The first-order valence-electron chi connectivity index (χ1n) is 7.80. The smallest absolute Gasteiger partial charge is 0.331 e. The minimum absolute atomic E-state index is 0.270. The summed E-state index contributed by atoms with van der Waals surface area (Å²) in [5, 5.41) is 0. The fourth-order valence-electron chi connectivity index (χ4n) is 2.01. The van der Waals surface area contributed by atoms with Gasteiger partial charge in [-0.15, -0.1) is 11.3 Å². The molecule has 0 spiro atoms. The molecule has 0 atom stereocenters. The van der Waals surface area contributed by atoms with Gasteiger partial charge in [0.05, 0.1) is 11.1 Å². The lowest BCUT2D eigenvalue weighted by Gasteiger charge is -2.00. The van der Waals surface area contributed by atoms with Crippen molar-refractivity contribution >= 4 is 39.2 Å². The Balaban J connectivity index is 1.79. The Labute approximate surface area is 156 Å². The maximum Gasteiger partial charge on any atom is 0.331 e. The van der Waals surface area contributed by atoms with Crippen LogP contribution in [0.15, 0.2) is 48.5 Å². The van der Waals surface area contributed by atoms with Crippen LogP contribution < -0.4 is 4.72 Å². The standard InChI is InChI=1S/C18H19NO5S2/c1-26(22,23)19-12-11-15-8-9-17(25-15)16(20)13-24-18(21)10-7-14-5-3-2-4-6-14/h2-10,19H,11-13H2,1H3/b10-7+. The van der Waals surface area contributed by atoms with Gasteiger partial charge in [-0.1, -0.05) is 30.3 Å². The van der Waals surface area contributed by atoms with E-state index in [1.54, 1.807) is 18.2 Å². The third-order valence-electron chi connectivity index (χ3n) is 3.23. The quantitative estimate of drug-likeness (QED) is 0.401. The van der Waals surface area contributed by atoms with Gasteiger partial charge < -0.3 is 4.74 Å². The summed E-state index contributed by atoms with van der Waals surface area (Å²) >= 11 is 1.26. The molecule has 0 unspecified atom stereocenters. The number of hydrogen-bond donors (Lipinski definition) is 1. The molecular weight excluding hydrogens is 374 g/mol. The highest BCUT2D eigenvalue weighted by Crippen LogP contribution is 2.17. The van der Waals surface area contributed by atoms with Gasteiger partial charge in [-0.25, -0.2) is 17.9 Å². The van der Waals surface area contributed by atoms with E-state index in [1.165, 1.54) is 17.4 Å². The molecule has 0 aliphatic heterocycles. The van der Waals surface area contributed by atoms with Crippen molar-refractivity contribution in [2.45, 2.75) is 6.42 Å². The molecular formula is C18H19NO5S2. The number of nitrogens with one attached hydrogen (secondary N) is 1. The van der Waals surface area contributed by atoms with Crippen LogP contribution in [0.5, 0.6) is 0 Å². The van der Waals surface area contributed by atoms with Gasteiger partial charge in [-0.3, -0.25) is 4.79 Å². The number of rotatable bonds is 9. The van der Waals surface area contributed by atoms with Crippen molar-refractivity contribution in [1.82, 2.24) is 4.72 Å². The third-order valence-corrected chi connectivity index (χ3v) is 5.14. The van der Waals surface area contributed by atoms with Crippen molar-refractivity contribution in [2.24, 2.45) is 0 Å². The van der Waals surface area contributed by atoms with Crippen molar-refractivity contribution < 1.29 is 22.7 Å². The van der Waals surface area contributed by atoms with Crippen molar-refractivity contribution in [3.8, 4) is 0 Å². The number of carbonyl (C=O) groups excluding carboxylic acids is 2. The van der Waals surface area contributed by atoms with E-state index in [4.69, 9.17) is 4.74 Å². The first-order valence-corrected chi connectivity index (χ1v) is 10.5. The van der Waals surface area contributed by atoms with E-state index in [9.17, 15) is 18.0 Å². The van der Waals surface area contributed by atoms with Crippen molar-refractivity contribution in [2.75, 3.05) is 19.4 Å². The van der Waals surface area contributed by atoms with Crippen LogP contribution in [-0.2, 0) is 26.0 Å². The molecule has 26 heavy (non-hydrogen) atoms.